The number of nitrogens with zero attached hydrogens (tertiary/aromatic N) is 3. The van der Waals surface area contributed by atoms with Gasteiger partial charge in [-0.15, -0.1) is 0 Å². The Morgan fingerprint density at radius 2 is 1.70 bits per heavy atom. The van der Waals surface area contributed by atoms with Gasteiger partial charge in [-0.3, -0.25) is 9.69 Å². The molecule has 2 aromatic rings. The zero-order chi connectivity index (χ0) is 18.5. The molecular weight excluding hydrogens is 338 g/mol. The molecule has 1 amide bonds. The highest BCUT2D eigenvalue weighted by molar-refractivity contribution is 5.79. The van der Waals surface area contributed by atoms with Crippen molar-refractivity contribution in [2.75, 3.05) is 26.2 Å². The average molecular weight is 367 g/mol. The van der Waals surface area contributed by atoms with E-state index in [4.69, 9.17) is 4.52 Å². The summed E-state index contributed by atoms with van der Waals surface area (Å²) in [7, 11) is 0. The van der Waals surface area contributed by atoms with Gasteiger partial charge < -0.3 is 9.42 Å². The number of benzene rings is 1. The van der Waals surface area contributed by atoms with E-state index >= 15 is 0 Å². The summed E-state index contributed by atoms with van der Waals surface area (Å²) >= 11 is 0. The number of carbonyl (C=O) groups is 1. The van der Waals surface area contributed by atoms with Gasteiger partial charge in [0.2, 0.25) is 5.91 Å². The van der Waals surface area contributed by atoms with E-state index in [0.717, 1.165) is 62.6 Å². The highest BCUT2D eigenvalue weighted by atomic mass is 16.5. The average Bonchev–Trinajstić information content (AvgIpc) is 3.01. The predicted molar refractivity (Wildman–Crippen MR) is 105 cm³/mol. The topological polar surface area (TPSA) is 49.6 Å². The van der Waals surface area contributed by atoms with Crippen LogP contribution >= 0.6 is 0 Å². The van der Waals surface area contributed by atoms with Gasteiger partial charge in [0.05, 0.1) is 6.54 Å². The molecule has 0 N–H and O–H groups in total. The first-order valence-corrected chi connectivity index (χ1v) is 10.3. The van der Waals surface area contributed by atoms with E-state index in [1.165, 1.54) is 25.7 Å². The minimum Gasteiger partial charge on any atom is -0.359 e. The monoisotopic (exact) mass is 367 g/mol. The van der Waals surface area contributed by atoms with Crippen LogP contribution in [0.2, 0.25) is 0 Å². The third-order valence-electron chi connectivity index (χ3n) is 5.86. The molecule has 144 valence electrons. The quantitative estimate of drug-likeness (QED) is 0.821. The fourth-order valence-electron chi connectivity index (χ4n) is 4.24. The number of likely N-dealkylation sites (tertiary alicyclic amines) is 2. The lowest BCUT2D eigenvalue weighted by atomic mass is 9.95. The van der Waals surface area contributed by atoms with Gasteiger partial charge in [-0.05, 0) is 38.8 Å². The van der Waals surface area contributed by atoms with Crippen LogP contribution in [0.3, 0.4) is 0 Å². The van der Waals surface area contributed by atoms with Crippen molar-refractivity contribution in [3.05, 3.63) is 42.2 Å². The van der Waals surface area contributed by atoms with Crippen molar-refractivity contribution in [1.29, 1.82) is 0 Å². The maximum atomic E-state index is 12.8. The summed E-state index contributed by atoms with van der Waals surface area (Å²) in [5, 5.41) is 4.20. The van der Waals surface area contributed by atoms with E-state index in [2.05, 4.69) is 15.0 Å². The molecular formula is C22H29N3O2. The van der Waals surface area contributed by atoms with E-state index in [9.17, 15) is 4.79 Å². The van der Waals surface area contributed by atoms with Crippen molar-refractivity contribution in [2.24, 2.45) is 5.92 Å². The second kappa shape index (κ2) is 8.70. The van der Waals surface area contributed by atoms with Crippen LogP contribution in [-0.4, -0.2) is 47.0 Å². The van der Waals surface area contributed by atoms with Crippen molar-refractivity contribution in [1.82, 2.24) is 15.0 Å². The summed E-state index contributed by atoms with van der Waals surface area (Å²) in [6, 6.07) is 12.1. The highest BCUT2D eigenvalue weighted by Crippen LogP contribution is 2.24. The molecule has 2 saturated heterocycles. The summed E-state index contributed by atoms with van der Waals surface area (Å²) in [6.07, 6.45) is 6.78. The SMILES string of the molecule is O=C(C1CCN(Cc2cc(-c3ccccc3)no2)CC1)N1CCCCCC1. The molecule has 2 aliphatic rings. The Labute approximate surface area is 161 Å². The molecule has 2 aliphatic heterocycles. The second-order valence-electron chi connectivity index (χ2n) is 7.83. The van der Waals surface area contributed by atoms with Crippen LogP contribution in [0.5, 0.6) is 0 Å². The standard InChI is InChI=1S/C22H29N3O2/c26-22(25-12-6-1-2-7-13-25)19-10-14-24(15-11-19)17-20-16-21(23-27-20)18-8-4-3-5-9-18/h3-5,8-9,16,19H,1-2,6-7,10-15,17H2. The van der Waals surface area contributed by atoms with Gasteiger partial charge in [-0.2, -0.15) is 0 Å². The maximum absolute atomic E-state index is 12.8. The van der Waals surface area contributed by atoms with Crippen molar-refractivity contribution >= 4 is 5.91 Å². The summed E-state index contributed by atoms with van der Waals surface area (Å²) < 4.78 is 5.54. The number of amides is 1. The van der Waals surface area contributed by atoms with Crippen molar-refractivity contribution < 1.29 is 9.32 Å². The van der Waals surface area contributed by atoms with Crippen LogP contribution < -0.4 is 0 Å². The number of aromatic nitrogens is 1. The summed E-state index contributed by atoms with van der Waals surface area (Å²) in [4.78, 5) is 17.3. The maximum Gasteiger partial charge on any atom is 0.225 e. The third kappa shape index (κ3) is 4.59. The number of hydrogen-bond acceptors (Lipinski definition) is 4. The fourth-order valence-corrected chi connectivity index (χ4v) is 4.24. The largest absolute Gasteiger partial charge is 0.359 e. The Morgan fingerprint density at radius 3 is 2.41 bits per heavy atom. The number of rotatable bonds is 4. The van der Waals surface area contributed by atoms with E-state index in [1.807, 2.05) is 36.4 Å². The van der Waals surface area contributed by atoms with Crippen LogP contribution in [0.15, 0.2) is 40.9 Å². The van der Waals surface area contributed by atoms with E-state index < -0.39 is 0 Å². The summed E-state index contributed by atoms with van der Waals surface area (Å²) in [5.41, 5.74) is 1.96. The summed E-state index contributed by atoms with van der Waals surface area (Å²) in [6.45, 7) is 4.58. The van der Waals surface area contributed by atoms with E-state index in [-0.39, 0.29) is 5.92 Å². The van der Waals surface area contributed by atoms with E-state index in [0.29, 0.717) is 5.91 Å². The van der Waals surface area contributed by atoms with Gasteiger partial charge in [-0.25, -0.2) is 0 Å². The van der Waals surface area contributed by atoms with Crippen LogP contribution in [0.1, 0.15) is 44.3 Å². The zero-order valence-electron chi connectivity index (χ0n) is 16.0. The Bertz CT molecular complexity index is 727. The van der Waals surface area contributed by atoms with Gasteiger partial charge in [0.1, 0.15) is 5.69 Å². The number of piperidine rings is 1. The highest BCUT2D eigenvalue weighted by Gasteiger charge is 2.29. The predicted octanol–water partition coefficient (Wildman–Crippen LogP) is 3.96. The van der Waals surface area contributed by atoms with Gasteiger partial charge in [0, 0.05) is 30.6 Å². The number of hydrogen-bond donors (Lipinski definition) is 0. The number of carbonyl (C=O) groups excluding carboxylic acids is 1. The van der Waals surface area contributed by atoms with Crippen molar-refractivity contribution in [3.63, 3.8) is 0 Å². The molecule has 0 spiro atoms. The van der Waals surface area contributed by atoms with Gasteiger partial charge in [0.15, 0.2) is 5.76 Å². The molecule has 0 bridgehead atoms. The lowest BCUT2D eigenvalue weighted by Gasteiger charge is -2.33. The van der Waals surface area contributed by atoms with Gasteiger partial charge in [-0.1, -0.05) is 48.3 Å². The normalized spacial score (nSPS) is 19.8. The van der Waals surface area contributed by atoms with Crippen LogP contribution in [0.4, 0.5) is 0 Å². The Hall–Kier alpha value is -2.14. The molecule has 5 heteroatoms. The van der Waals surface area contributed by atoms with Gasteiger partial charge in [0.25, 0.3) is 0 Å². The molecule has 0 saturated carbocycles. The molecule has 0 radical (unpaired) electrons. The molecule has 0 unspecified atom stereocenters. The van der Waals surface area contributed by atoms with Gasteiger partial charge >= 0.3 is 0 Å². The fraction of sp³-hybridized carbons (Fsp3) is 0.545. The lowest BCUT2D eigenvalue weighted by Crippen LogP contribution is -2.42. The Kier molecular flexibility index (Phi) is 5.87. The minimum absolute atomic E-state index is 0.203. The molecule has 0 aliphatic carbocycles. The second-order valence-corrected chi connectivity index (χ2v) is 7.83. The molecule has 1 aromatic carbocycles. The smallest absolute Gasteiger partial charge is 0.225 e. The minimum atomic E-state index is 0.203. The molecule has 2 fully saturated rings. The lowest BCUT2D eigenvalue weighted by molar-refractivity contribution is -0.137. The molecule has 0 atom stereocenters. The Balaban J connectivity index is 1.28. The first kappa shape index (κ1) is 18.2. The first-order valence-electron chi connectivity index (χ1n) is 10.3. The van der Waals surface area contributed by atoms with Crippen LogP contribution in [0.25, 0.3) is 11.3 Å². The molecule has 1 aromatic heterocycles. The molecule has 3 heterocycles. The van der Waals surface area contributed by atoms with Crippen molar-refractivity contribution in [3.8, 4) is 11.3 Å². The third-order valence-corrected chi connectivity index (χ3v) is 5.86. The first-order chi connectivity index (χ1) is 13.3. The molecule has 4 rings (SSSR count). The van der Waals surface area contributed by atoms with Crippen molar-refractivity contribution in [2.45, 2.75) is 45.1 Å². The van der Waals surface area contributed by atoms with E-state index in [1.54, 1.807) is 0 Å². The zero-order valence-corrected chi connectivity index (χ0v) is 16.0. The Morgan fingerprint density at radius 1 is 1.00 bits per heavy atom. The van der Waals surface area contributed by atoms with Crippen LogP contribution in [-0.2, 0) is 11.3 Å². The molecule has 5 nitrogen and oxygen atoms in total. The molecule has 27 heavy (non-hydrogen) atoms. The summed E-state index contributed by atoms with van der Waals surface area (Å²) in [5.74, 6) is 1.49. The van der Waals surface area contributed by atoms with Crippen LogP contribution in [0, 0.1) is 5.92 Å².